The lowest BCUT2D eigenvalue weighted by molar-refractivity contribution is -0.141. The van der Waals surface area contributed by atoms with E-state index in [1.165, 1.54) is 0 Å². The van der Waals surface area contributed by atoms with Crippen LogP contribution in [0.3, 0.4) is 0 Å². The zero-order chi connectivity index (χ0) is 23.1. The number of Topliss-reactive ketones (excluding diaryl/α,β-unsaturated/α-hetero) is 1. The minimum absolute atomic E-state index is 0.00882. The number of carbonyl (C=O) groups excluding carboxylic acids is 2. The van der Waals surface area contributed by atoms with Crippen LogP contribution in [0.2, 0.25) is 0 Å². The summed E-state index contributed by atoms with van der Waals surface area (Å²) in [4.78, 5) is 28.4. The lowest BCUT2D eigenvalue weighted by Crippen LogP contribution is -2.37. The van der Waals surface area contributed by atoms with Gasteiger partial charge in [-0.25, -0.2) is 0 Å². The Hall–Kier alpha value is -3.54. The van der Waals surface area contributed by atoms with Crippen LogP contribution in [0.1, 0.15) is 49.8 Å². The summed E-state index contributed by atoms with van der Waals surface area (Å²) in [5.41, 5.74) is 2.50. The van der Waals surface area contributed by atoms with E-state index in [0.717, 1.165) is 42.1 Å². The van der Waals surface area contributed by atoms with Gasteiger partial charge in [-0.1, -0.05) is 43.2 Å². The Morgan fingerprint density at radius 3 is 2.61 bits per heavy atom. The molecule has 2 heterocycles. The number of likely N-dealkylation sites (tertiary alicyclic amines) is 1. The van der Waals surface area contributed by atoms with E-state index in [2.05, 4.69) is 0 Å². The van der Waals surface area contributed by atoms with Crippen LogP contribution in [0.25, 0.3) is 16.7 Å². The molecule has 3 aromatic rings. The smallest absolute Gasteiger partial charge is 0.295 e. The number of aryl methyl sites for hydroxylation is 1. The van der Waals surface area contributed by atoms with E-state index in [0.29, 0.717) is 17.9 Å². The molecule has 0 radical (unpaired) electrons. The second kappa shape index (κ2) is 8.43. The first-order chi connectivity index (χ1) is 16.0. The van der Waals surface area contributed by atoms with Crippen LogP contribution in [0.4, 0.5) is 0 Å². The summed E-state index contributed by atoms with van der Waals surface area (Å²) in [5, 5.41) is 12.4. The first kappa shape index (κ1) is 21.3. The molecule has 1 amide bonds. The summed E-state index contributed by atoms with van der Waals surface area (Å²) in [6.45, 7) is 2.38. The minimum Gasteiger partial charge on any atom is -0.507 e. The maximum absolute atomic E-state index is 13.4. The van der Waals surface area contributed by atoms with Crippen LogP contribution in [-0.2, 0) is 16.6 Å². The topological polar surface area (TPSA) is 71.8 Å². The van der Waals surface area contributed by atoms with Gasteiger partial charge in [-0.2, -0.15) is 0 Å². The van der Waals surface area contributed by atoms with Crippen molar-refractivity contribution in [3.05, 3.63) is 71.4 Å². The van der Waals surface area contributed by atoms with Crippen molar-refractivity contribution in [2.24, 2.45) is 7.05 Å². The van der Waals surface area contributed by atoms with Gasteiger partial charge >= 0.3 is 0 Å². The van der Waals surface area contributed by atoms with Gasteiger partial charge in [0.15, 0.2) is 0 Å². The SMILES string of the molecule is CCOc1cccc(/C(O)=C2\C(=O)C(=O)N(C3CCCC3)C2c2cn(C)c3ccccc23)c1. The fraction of sp³-hybridized carbons (Fsp3) is 0.333. The molecule has 170 valence electrons. The molecule has 1 unspecified atom stereocenters. The average Bonchev–Trinajstić information content (AvgIpc) is 3.52. The first-order valence-electron chi connectivity index (χ1n) is 11.6. The number of amides is 1. The summed E-state index contributed by atoms with van der Waals surface area (Å²) in [7, 11) is 1.96. The van der Waals surface area contributed by atoms with Gasteiger partial charge in [0.25, 0.3) is 11.7 Å². The number of aliphatic hydroxyl groups is 1. The van der Waals surface area contributed by atoms with Crippen LogP contribution in [-0.4, -0.2) is 38.9 Å². The zero-order valence-electron chi connectivity index (χ0n) is 19.0. The van der Waals surface area contributed by atoms with Crippen molar-refractivity contribution in [3.63, 3.8) is 0 Å². The minimum atomic E-state index is -0.630. The van der Waals surface area contributed by atoms with Crippen molar-refractivity contribution in [1.29, 1.82) is 0 Å². The van der Waals surface area contributed by atoms with Crippen molar-refractivity contribution in [3.8, 4) is 5.75 Å². The highest BCUT2D eigenvalue weighted by molar-refractivity contribution is 6.46. The van der Waals surface area contributed by atoms with Gasteiger partial charge in [-0.05, 0) is 38.0 Å². The number of ketones is 1. The monoisotopic (exact) mass is 444 g/mol. The molecule has 5 rings (SSSR count). The van der Waals surface area contributed by atoms with Crippen LogP contribution in [0.15, 0.2) is 60.3 Å². The Labute approximate surface area is 193 Å². The number of carbonyl (C=O) groups is 2. The van der Waals surface area contributed by atoms with E-state index in [-0.39, 0.29) is 17.4 Å². The maximum atomic E-state index is 13.4. The van der Waals surface area contributed by atoms with Gasteiger partial charge in [0.05, 0.1) is 18.2 Å². The van der Waals surface area contributed by atoms with Gasteiger partial charge in [0, 0.05) is 41.3 Å². The molecular formula is C27H28N2O4. The number of benzene rings is 2. The Morgan fingerprint density at radius 2 is 1.85 bits per heavy atom. The predicted molar refractivity (Wildman–Crippen MR) is 127 cm³/mol. The fourth-order valence-electron chi connectivity index (χ4n) is 5.36. The molecule has 1 N–H and O–H groups in total. The molecule has 2 aromatic carbocycles. The number of aliphatic hydroxyl groups excluding tert-OH is 1. The average molecular weight is 445 g/mol. The summed E-state index contributed by atoms with van der Waals surface area (Å²) < 4.78 is 7.59. The third-order valence-electron chi connectivity index (χ3n) is 6.84. The fourth-order valence-corrected chi connectivity index (χ4v) is 5.36. The number of aromatic nitrogens is 1. The molecule has 6 nitrogen and oxygen atoms in total. The summed E-state index contributed by atoms with van der Waals surface area (Å²) in [6, 6.07) is 14.3. The second-order valence-corrected chi connectivity index (χ2v) is 8.82. The number of nitrogens with zero attached hydrogens (tertiary/aromatic N) is 2. The summed E-state index contributed by atoms with van der Waals surface area (Å²) >= 11 is 0. The molecule has 0 bridgehead atoms. The van der Waals surface area contributed by atoms with Gasteiger partial charge in [0.2, 0.25) is 0 Å². The van der Waals surface area contributed by atoms with Crippen molar-refractivity contribution in [2.75, 3.05) is 6.61 Å². The number of ether oxygens (including phenoxy) is 1. The highest BCUT2D eigenvalue weighted by atomic mass is 16.5. The van der Waals surface area contributed by atoms with E-state index < -0.39 is 17.7 Å². The molecule has 1 saturated carbocycles. The Morgan fingerprint density at radius 1 is 1.09 bits per heavy atom. The summed E-state index contributed by atoms with van der Waals surface area (Å²) in [6.07, 6.45) is 5.79. The van der Waals surface area contributed by atoms with Gasteiger partial charge in [-0.15, -0.1) is 0 Å². The Balaban J connectivity index is 1.73. The lowest BCUT2D eigenvalue weighted by Gasteiger charge is -2.30. The number of hydrogen-bond acceptors (Lipinski definition) is 4. The Kier molecular flexibility index (Phi) is 5.44. The van der Waals surface area contributed by atoms with E-state index in [4.69, 9.17) is 4.74 Å². The van der Waals surface area contributed by atoms with Gasteiger partial charge in [0.1, 0.15) is 11.5 Å². The molecule has 2 aliphatic rings. The molecule has 2 fully saturated rings. The maximum Gasteiger partial charge on any atom is 0.295 e. The third-order valence-corrected chi connectivity index (χ3v) is 6.84. The van der Waals surface area contributed by atoms with Crippen LogP contribution in [0, 0.1) is 0 Å². The van der Waals surface area contributed by atoms with Crippen LogP contribution >= 0.6 is 0 Å². The third kappa shape index (κ3) is 3.50. The number of rotatable bonds is 5. The quantitative estimate of drug-likeness (QED) is 0.344. The standard InChI is InChI=1S/C27H28N2O4/c1-3-33-19-12-8-9-17(15-19)25(30)23-24(21-16-28(2)22-14-7-6-13-20(21)22)29(27(32)26(23)31)18-10-4-5-11-18/h6-9,12-16,18,24,30H,3-5,10-11H2,1-2H3/b25-23+. The molecule has 1 aromatic heterocycles. The van der Waals surface area contributed by atoms with Crippen LogP contribution < -0.4 is 4.74 Å². The molecule has 1 aliphatic carbocycles. The van der Waals surface area contributed by atoms with E-state index in [9.17, 15) is 14.7 Å². The molecule has 0 spiro atoms. The summed E-state index contributed by atoms with van der Waals surface area (Å²) in [5.74, 6) is -0.705. The molecule has 1 saturated heterocycles. The molecular weight excluding hydrogens is 416 g/mol. The van der Waals surface area contributed by atoms with Gasteiger partial charge in [-0.3, -0.25) is 9.59 Å². The van der Waals surface area contributed by atoms with Crippen molar-refractivity contribution in [2.45, 2.75) is 44.7 Å². The van der Waals surface area contributed by atoms with Crippen molar-refractivity contribution < 1.29 is 19.4 Å². The lowest BCUT2D eigenvalue weighted by atomic mass is 9.94. The molecule has 6 heteroatoms. The predicted octanol–water partition coefficient (Wildman–Crippen LogP) is 4.94. The first-order valence-corrected chi connectivity index (χ1v) is 11.6. The number of para-hydroxylation sites is 1. The number of hydrogen-bond donors (Lipinski definition) is 1. The van der Waals surface area contributed by atoms with E-state index >= 15 is 0 Å². The van der Waals surface area contributed by atoms with E-state index in [1.54, 1.807) is 29.2 Å². The molecule has 33 heavy (non-hydrogen) atoms. The molecule has 1 atom stereocenters. The zero-order valence-corrected chi connectivity index (χ0v) is 19.0. The van der Waals surface area contributed by atoms with Crippen molar-refractivity contribution in [1.82, 2.24) is 9.47 Å². The number of fused-ring (bicyclic) bond motifs is 1. The highest BCUT2D eigenvalue weighted by Crippen LogP contribution is 2.45. The second-order valence-electron chi connectivity index (χ2n) is 8.82. The largest absolute Gasteiger partial charge is 0.507 e. The van der Waals surface area contributed by atoms with Crippen LogP contribution in [0.5, 0.6) is 5.75 Å². The normalized spacial score (nSPS) is 20.8. The Bertz CT molecular complexity index is 1270. The molecule has 1 aliphatic heterocycles. The highest BCUT2D eigenvalue weighted by Gasteiger charge is 2.50. The van der Waals surface area contributed by atoms with E-state index in [1.807, 2.05) is 49.0 Å². The van der Waals surface area contributed by atoms with Gasteiger partial charge < -0.3 is 19.3 Å². The van der Waals surface area contributed by atoms with Crippen molar-refractivity contribution >= 4 is 28.4 Å².